The number of hydrogen-bond acceptors (Lipinski definition) is 2. The van der Waals surface area contributed by atoms with Crippen LogP contribution in [-0.4, -0.2) is 28.6 Å². The molecule has 2 amide bonds. The van der Waals surface area contributed by atoms with Gasteiger partial charge in [-0.3, -0.25) is 0 Å². The van der Waals surface area contributed by atoms with E-state index in [1.54, 1.807) is 17.0 Å². The van der Waals surface area contributed by atoms with Gasteiger partial charge in [0.2, 0.25) is 0 Å². The summed E-state index contributed by atoms with van der Waals surface area (Å²) in [6.07, 6.45) is 0.749. The van der Waals surface area contributed by atoms with Gasteiger partial charge in [-0.1, -0.05) is 0 Å². The van der Waals surface area contributed by atoms with Gasteiger partial charge in [-0.2, -0.15) is 0 Å². The van der Waals surface area contributed by atoms with Crippen molar-refractivity contribution >= 4 is 22.6 Å². The van der Waals surface area contributed by atoms with E-state index < -0.39 is 0 Å². The van der Waals surface area contributed by atoms with Crippen LogP contribution < -0.4 is 10.1 Å². The number of halogens is 1. The zero-order chi connectivity index (χ0) is 19.0. The van der Waals surface area contributed by atoms with Gasteiger partial charge in [-0.05, 0) is 49.4 Å². The Morgan fingerprint density at radius 2 is 2.00 bits per heavy atom. The van der Waals surface area contributed by atoms with Crippen LogP contribution >= 0.6 is 0 Å². The maximum absolute atomic E-state index is 13.7. The first-order valence-corrected chi connectivity index (χ1v) is 9.11. The van der Waals surface area contributed by atoms with Crippen molar-refractivity contribution in [1.82, 2.24) is 9.47 Å². The van der Waals surface area contributed by atoms with Crippen molar-refractivity contribution in [2.45, 2.75) is 19.9 Å². The Kier molecular flexibility index (Phi) is 4.48. The van der Waals surface area contributed by atoms with Crippen LogP contribution in [0.5, 0.6) is 5.75 Å². The standard InChI is InChI=1S/C21H22FN3O2/c1-3-27-16-7-5-15(6-8-16)23-21(26)25-11-10-20-18(13-25)17-12-14(22)4-9-19(17)24(20)2/h4-9,12H,3,10-11,13H2,1-2H3,(H,23,26). The second kappa shape index (κ2) is 6.95. The van der Waals surface area contributed by atoms with Crippen LogP contribution in [0.25, 0.3) is 10.9 Å². The highest BCUT2D eigenvalue weighted by molar-refractivity contribution is 5.91. The van der Waals surface area contributed by atoms with Gasteiger partial charge in [-0.25, -0.2) is 9.18 Å². The van der Waals surface area contributed by atoms with E-state index in [0.717, 1.165) is 34.3 Å². The molecule has 1 aliphatic heterocycles. The summed E-state index contributed by atoms with van der Waals surface area (Å²) in [7, 11) is 1.99. The minimum absolute atomic E-state index is 0.154. The van der Waals surface area contributed by atoms with E-state index in [4.69, 9.17) is 4.74 Å². The molecule has 0 fully saturated rings. The summed E-state index contributed by atoms with van der Waals surface area (Å²) in [6.45, 7) is 3.63. The molecule has 0 aliphatic carbocycles. The van der Waals surface area contributed by atoms with Crippen LogP contribution in [0.3, 0.4) is 0 Å². The number of aromatic nitrogens is 1. The van der Waals surface area contributed by atoms with Crippen LogP contribution in [-0.2, 0) is 20.0 Å². The molecule has 0 radical (unpaired) electrons. The number of nitrogens with one attached hydrogen (secondary N) is 1. The topological polar surface area (TPSA) is 46.5 Å². The molecule has 0 unspecified atom stereocenters. The summed E-state index contributed by atoms with van der Waals surface area (Å²) >= 11 is 0. The van der Waals surface area contributed by atoms with Gasteiger partial charge in [0, 0.05) is 54.4 Å². The highest BCUT2D eigenvalue weighted by atomic mass is 19.1. The number of nitrogens with zero attached hydrogens (tertiary/aromatic N) is 2. The monoisotopic (exact) mass is 367 g/mol. The molecule has 1 N–H and O–H groups in total. The molecule has 2 heterocycles. The lowest BCUT2D eigenvalue weighted by Crippen LogP contribution is -2.39. The summed E-state index contributed by atoms with van der Waals surface area (Å²) in [5.74, 6) is 0.516. The Bertz CT molecular complexity index is 995. The molecule has 3 aromatic rings. The Hall–Kier alpha value is -3.02. The number of carbonyl (C=O) groups is 1. The Labute approximate surface area is 157 Å². The van der Waals surface area contributed by atoms with Crippen molar-refractivity contribution in [3.05, 3.63) is 59.5 Å². The number of anilines is 1. The number of hydrogen-bond donors (Lipinski definition) is 1. The fourth-order valence-electron chi connectivity index (χ4n) is 3.73. The number of benzene rings is 2. The largest absolute Gasteiger partial charge is 0.494 e. The number of urea groups is 1. The van der Waals surface area contributed by atoms with Crippen molar-refractivity contribution in [2.24, 2.45) is 7.05 Å². The van der Waals surface area contributed by atoms with Gasteiger partial charge in [0.1, 0.15) is 11.6 Å². The highest BCUT2D eigenvalue weighted by Crippen LogP contribution is 2.31. The third-order valence-electron chi connectivity index (χ3n) is 5.07. The molecule has 2 aromatic carbocycles. The maximum atomic E-state index is 13.7. The van der Waals surface area contributed by atoms with E-state index in [-0.39, 0.29) is 11.8 Å². The molecular formula is C21H22FN3O2. The highest BCUT2D eigenvalue weighted by Gasteiger charge is 2.26. The van der Waals surface area contributed by atoms with Gasteiger partial charge >= 0.3 is 6.03 Å². The van der Waals surface area contributed by atoms with E-state index in [1.165, 1.54) is 11.8 Å². The van der Waals surface area contributed by atoms with Crippen LogP contribution in [0.2, 0.25) is 0 Å². The van der Waals surface area contributed by atoms with Crippen LogP contribution in [0, 0.1) is 5.82 Å². The lowest BCUT2D eigenvalue weighted by atomic mass is 10.0. The third kappa shape index (κ3) is 3.23. The first kappa shape index (κ1) is 17.4. The normalized spacial score (nSPS) is 13.5. The number of aryl methyl sites for hydroxylation is 1. The third-order valence-corrected chi connectivity index (χ3v) is 5.07. The average Bonchev–Trinajstić information content (AvgIpc) is 2.95. The minimum atomic E-state index is -0.258. The molecule has 5 nitrogen and oxygen atoms in total. The average molecular weight is 367 g/mol. The van der Waals surface area contributed by atoms with Gasteiger partial charge in [0.15, 0.2) is 0 Å². The predicted molar refractivity (Wildman–Crippen MR) is 104 cm³/mol. The Morgan fingerprint density at radius 3 is 2.74 bits per heavy atom. The summed E-state index contributed by atoms with van der Waals surface area (Å²) in [6, 6.07) is 12.0. The molecule has 4 rings (SSSR count). The van der Waals surface area contributed by atoms with Gasteiger partial charge in [0.05, 0.1) is 6.61 Å². The summed E-state index contributed by atoms with van der Waals surface area (Å²) < 4.78 is 21.3. The zero-order valence-electron chi connectivity index (χ0n) is 15.5. The van der Waals surface area contributed by atoms with E-state index in [0.29, 0.717) is 19.7 Å². The molecule has 1 aliphatic rings. The fourth-order valence-corrected chi connectivity index (χ4v) is 3.73. The zero-order valence-corrected chi connectivity index (χ0v) is 15.5. The van der Waals surface area contributed by atoms with Crippen molar-refractivity contribution in [1.29, 1.82) is 0 Å². The van der Waals surface area contributed by atoms with Crippen molar-refractivity contribution in [2.75, 3.05) is 18.5 Å². The molecular weight excluding hydrogens is 345 g/mol. The first-order valence-electron chi connectivity index (χ1n) is 9.11. The number of amides is 2. The SMILES string of the molecule is CCOc1ccc(NC(=O)N2CCc3c(c4cc(F)ccc4n3C)C2)cc1. The molecule has 0 spiro atoms. The smallest absolute Gasteiger partial charge is 0.322 e. The Balaban J connectivity index is 1.53. The van der Waals surface area contributed by atoms with Crippen molar-refractivity contribution < 1.29 is 13.9 Å². The summed E-state index contributed by atoms with van der Waals surface area (Å²) in [5.41, 5.74) is 3.91. The quantitative estimate of drug-likeness (QED) is 0.750. The van der Waals surface area contributed by atoms with Crippen molar-refractivity contribution in [3.63, 3.8) is 0 Å². The van der Waals surface area contributed by atoms with Crippen LogP contribution in [0.1, 0.15) is 18.2 Å². The molecule has 0 atom stereocenters. The molecule has 1 aromatic heterocycles. The Morgan fingerprint density at radius 1 is 1.22 bits per heavy atom. The van der Waals surface area contributed by atoms with E-state index in [9.17, 15) is 9.18 Å². The van der Waals surface area contributed by atoms with Gasteiger partial charge in [-0.15, -0.1) is 0 Å². The molecule has 0 bridgehead atoms. The van der Waals surface area contributed by atoms with E-state index >= 15 is 0 Å². The lowest BCUT2D eigenvalue weighted by molar-refractivity contribution is 0.206. The molecule has 140 valence electrons. The molecule has 6 heteroatoms. The second-order valence-corrected chi connectivity index (χ2v) is 6.70. The number of rotatable bonds is 3. The van der Waals surface area contributed by atoms with Gasteiger partial charge < -0.3 is 19.5 Å². The van der Waals surface area contributed by atoms with Crippen molar-refractivity contribution in [3.8, 4) is 5.75 Å². The first-order chi connectivity index (χ1) is 13.1. The van der Waals surface area contributed by atoms with Gasteiger partial charge in [0.25, 0.3) is 0 Å². The van der Waals surface area contributed by atoms with E-state index in [1.807, 2.05) is 38.2 Å². The number of fused-ring (bicyclic) bond motifs is 3. The summed E-state index contributed by atoms with van der Waals surface area (Å²) in [4.78, 5) is 14.5. The molecule has 27 heavy (non-hydrogen) atoms. The number of carbonyl (C=O) groups excluding carboxylic acids is 1. The predicted octanol–water partition coefficient (Wildman–Crippen LogP) is 4.31. The summed E-state index contributed by atoms with van der Waals surface area (Å²) in [5, 5.41) is 3.81. The lowest BCUT2D eigenvalue weighted by Gasteiger charge is -2.28. The maximum Gasteiger partial charge on any atom is 0.322 e. The van der Waals surface area contributed by atoms with E-state index in [2.05, 4.69) is 9.88 Å². The van der Waals surface area contributed by atoms with Crippen LogP contribution in [0.15, 0.2) is 42.5 Å². The van der Waals surface area contributed by atoms with Crippen LogP contribution in [0.4, 0.5) is 14.9 Å². The fraction of sp³-hybridized carbons (Fsp3) is 0.286. The number of ether oxygens (including phenoxy) is 1. The molecule has 0 saturated heterocycles. The molecule has 0 saturated carbocycles. The second-order valence-electron chi connectivity index (χ2n) is 6.70. The minimum Gasteiger partial charge on any atom is -0.494 e.